The summed E-state index contributed by atoms with van der Waals surface area (Å²) >= 11 is 0. The smallest absolute Gasteiger partial charge is 0.224 e. The lowest BCUT2D eigenvalue weighted by atomic mass is 10.0. The summed E-state index contributed by atoms with van der Waals surface area (Å²) in [7, 11) is 1.64. The minimum absolute atomic E-state index is 0.000156. The minimum atomic E-state index is -0.155. The molecule has 0 aromatic heterocycles. The van der Waals surface area contributed by atoms with Crippen LogP contribution in [0.25, 0.3) is 0 Å². The van der Waals surface area contributed by atoms with E-state index in [0.717, 1.165) is 17.7 Å². The van der Waals surface area contributed by atoms with Crippen molar-refractivity contribution in [2.75, 3.05) is 13.7 Å². The van der Waals surface area contributed by atoms with E-state index in [4.69, 9.17) is 10.5 Å². The van der Waals surface area contributed by atoms with Crippen LogP contribution in [0.5, 0.6) is 5.75 Å². The van der Waals surface area contributed by atoms with Crippen LogP contribution in [0.15, 0.2) is 24.3 Å². The van der Waals surface area contributed by atoms with Gasteiger partial charge in [0, 0.05) is 12.5 Å². The van der Waals surface area contributed by atoms with E-state index >= 15 is 0 Å². The molecule has 0 saturated heterocycles. The Morgan fingerprint density at radius 3 is 2.44 bits per heavy atom. The van der Waals surface area contributed by atoms with Gasteiger partial charge in [-0.05, 0) is 24.1 Å². The number of ether oxygens (including phenoxy) is 1. The molecular weight excluding hydrogens is 228 g/mol. The standard InChI is InChI=1S/C14H22N2O2/c1-4-13(16-14(17)10(2)9-15)11-5-7-12(18-3)8-6-11/h5-8,10,13H,4,9,15H2,1-3H3,(H,16,17). The molecule has 0 saturated carbocycles. The van der Waals surface area contributed by atoms with Gasteiger partial charge in [-0.3, -0.25) is 4.79 Å². The zero-order valence-electron chi connectivity index (χ0n) is 11.3. The van der Waals surface area contributed by atoms with Gasteiger partial charge >= 0.3 is 0 Å². The van der Waals surface area contributed by atoms with Gasteiger partial charge < -0.3 is 15.8 Å². The first-order valence-corrected chi connectivity index (χ1v) is 6.26. The maximum absolute atomic E-state index is 11.8. The van der Waals surface area contributed by atoms with Gasteiger partial charge in [0.05, 0.1) is 13.2 Å². The topological polar surface area (TPSA) is 64.4 Å². The first-order valence-electron chi connectivity index (χ1n) is 6.26. The Labute approximate surface area is 109 Å². The number of methoxy groups -OCH3 is 1. The normalized spacial score (nSPS) is 13.8. The molecule has 1 amide bonds. The molecule has 4 nitrogen and oxygen atoms in total. The lowest BCUT2D eigenvalue weighted by Crippen LogP contribution is -2.35. The molecular formula is C14H22N2O2. The first-order chi connectivity index (χ1) is 8.62. The molecule has 0 heterocycles. The van der Waals surface area contributed by atoms with E-state index in [1.54, 1.807) is 7.11 Å². The zero-order chi connectivity index (χ0) is 13.5. The van der Waals surface area contributed by atoms with E-state index in [2.05, 4.69) is 5.32 Å². The van der Waals surface area contributed by atoms with Crippen LogP contribution in [0.4, 0.5) is 0 Å². The molecule has 1 rings (SSSR count). The Hall–Kier alpha value is -1.55. The van der Waals surface area contributed by atoms with Gasteiger partial charge in [-0.1, -0.05) is 26.0 Å². The fourth-order valence-electron chi connectivity index (χ4n) is 1.68. The first kappa shape index (κ1) is 14.5. The van der Waals surface area contributed by atoms with E-state index in [-0.39, 0.29) is 17.9 Å². The number of hydrogen-bond donors (Lipinski definition) is 2. The number of nitrogens with one attached hydrogen (secondary N) is 1. The fraction of sp³-hybridized carbons (Fsp3) is 0.500. The van der Waals surface area contributed by atoms with Crippen LogP contribution in [0.2, 0.25) is 0 Å². The number of rotatable bonds is 6. The summed E-state index contributed by atoms with van der Waals surface area (Å²) in [6.07, 6.45) is 0.843. The SMILES string of the molecule is CCC(NC(=O)C(C)CN)c1ccc(OC)cc1. The molecule has 1 aromatic carbocycles. The largest absolute Gasteiger partial charge is 0.497 e. The molecule has 100 valence electrons. The van der Waals surface area contributed by atoms with Crippen molar-refractivity contribution in [2.45, 2.75) is 26.3 Å². The minimum Gasteiger partial charge on any atom is -0.497 e. The quantitative estimate of drug-likeness (QED) is 0.810. The van der Waals surface area contributed by atoms with E-state index < -0.39 is 0 Å². The second kappa shape index (κ2) is 7.01. The molecule has 0 radical (unpaired) electrons. The Morgan fingerprint density at radius 2 is 2.00 bits per heavy atom. The van der Waals surface area contributed by atoms with Crippen molar-refractivity contribution in [3.63, 3.8) is 0 Å². The van der Waals surface area contributed by atoms with Gasteiger partial charge in [0.25, 0.3) is 0 Å². The van der Waals surface area contributed by atoms with Gasteiger partial charge in [-0.2, -0.15) is 0 Å². The Balaban J connectivity index is 2.73. The van der Waals surface area contributed by atoms with Crippen LogP contribution in [-0.4, -0.2) is 19.6 Å². The third kappa shape index (κ3) is 3.74. The molecule has 4 heteroatoms. The maximum Gasteiger partial charge on any atom is 0.224 e. The van der Waals surface area contributed by atoms with Crippen LogP contribution in [0.1, 0.15) is 31.9 Å². The lowest BCUT2D eigenvalue weighted by molar-refractivity contribution is -0.125. The number of nitrogens with two attached hydrogens (primary N) is 1. The van der Waals surface area contributed by atoms with Crippen molar-refractivity contribution in [1.29, 1.82) is 0 Å². The molecule has 18 heavy (non-hydrogen) atoms. The van der Waals surface area contributed by atoms with Gasteiger partial charge in [-0.15, -0.1) is 0 Å². The third-order valence-corrected chi connectivity index (χ3v) is 3.04. The Bertz CT molecular complexity index is 376. The molecule has 0 aliphatic rings. The highest BCUT2D eigenvalue weighted by atomic mass is 16.5. The van der Waals surface area contributed by atoms with Crippen LogP contribution >= 0.6 is 0 Å². The summed E-state index contributed by atoms with van der Waals surface area (Å²) in [6.45, 7) is 4.24. The molecule has 1 aromatic rings. The molecule has 2 atom stereocenters. The molecule has 3 N–H and O–H groups in total. The second-order valence-electron chi connectivity index (χ2n) is 4.38. The summed E-state index contributed by atoms with van der Waals surface area (Å²) in [5.74, 6) is 0.660. The molecule has 0 fully saturated rings. The Morgan fingerprint density at radius 1 is 1.39 bits per heavy atom. The fourth-order valence-corrected chi connectivity index (χ4v) is 1.68. The predicted molar refractivity (Wildman–Crippen MR) is 72.4 cm³/mol. The lowest BCUT2D eigenvalue weighted by Gasteiger charge is -2.20. The van der Waals surface area contributed by atoms with Crippen LogP contribution < -0.4 is 15.8 Å². The van der Waals surface area contributed by atoms with E-state index in [1.165, 1.54) is 0 Å². The average molecular weight is 250 g/mol. The number of amides is 1. The zero-order valence-corrected chi connectivity index (χ0v) is 11.3. The number of carbonyl (C=O) groups is 1. The number of hydrogen-bond acceptors (Lipinski definition) is 3. The highest BCUT2D eigenvalue weighted by Gasteiger charge is 2.16. The van der Waals surface area contributed by atoms with Crippen molar-refractivity contribution in [3.8, 4) is 5.75 Å². The summed E-state index contributed by atoms with van der Waals surface area (Å²) < 4.78 is 5.12. The second-order valence-corrected chi connectivity index (χ2v) is 4.38. The van der Waals surface area contributed by atoms with Gasteiger partial charge in [-0.25, -0.2) is 0 Å². The van der Waals surface area contributed by atoms with Crippen molar-refractivity contribution in [3.05, 3.63) is 29.8 Å². The number of carbonyl (C=O) groups excluding carboxylic acids is 1. The van der Waals surface area contributed by atoms with E-state index in [9.17, 15) is 4.79 Å². The molecule has 0 bridgehead atoms. The summed E-state index contributed by atoms with van der Waals surface area (Å²) in [5.41, 5.74) is 6.57. The van der Waals surface area contributed by atoms with Crippen molar-refractivity contribution < 1.29 is 9.53 Å². The van der Waals surface area contributed by atoms with E-state index in [1.807, 2.05) is 38.1 Å². The summed E-state index contributed by atoms with van der Waals surface area (Å²) in [6, 6.07) is 7.77. The van der Waals surface area contributed by atoms with Crippen molar-refractivity contribution in [1.82, 2.24) is 5.32 Å². The van der Waals surface area contributed by atoms with E-state index in [0.29, 0.717) is 6.54 Å². The monoisotopic (exact) mass is 250 g/mol. The maximum atomic E-state index is 11.8. The van der Waals surface area contributed by atoms with Gasteiger partial charge in [0.15, 0.2) is 0 Å². The third-order valence-electron chi connectivity index (χ3n) is 3.04. The van der Waals surface area contributed by atoms with Crippen molar-refractivity contribution in [2.24, 2.45) is 11.7 Å². The highest BCUT2D eigenvalue weighted by Crippen LogP contribution is 2.20. The summed E-state index contributed by atoms with van der Waals surface area (Å²) in [5, 5.41) is 3.01. The van der Waals surface area contributed by atoms with Gasteiger partial charge in [0.2, 0.25) is 5.91 Å². The van der Waals surface area contributed by atoms with Crippen LogP contribution in [0.3, 0.4) is 0 Å². The molecule has 0 aliphatic carbocycles. The number of benzene rings is 1. The predicted octanol–water partition coefficient (Wildman–Crippen LogP) is 1.86. The van der Waals surface area contributed by atoms with Crippen LogP contribution in [-0.2, 0) is 4.79 Å². The average Bonchev–Trinajstić information content (AvgIpc) is 2.43. The molecule has 2 unspecified atom stereocenters. The molecule has 0 aliphatic heterocycles. The van der Waals surface area contributed by atoms with Crippen molar-refractivity contribution >= 4 is 5.91 Å². The highest BCUT2D eigenvalue weighted by molar-refractivity contribution is 5.78. The molecule has 0 spiro atoms. The Kier molecular flexibility index (Phi) is 5.65. The summed E-state index contributed by atoms with van der Waals surface area (Å²) in [4.78, 5) is 11.8. The van der Waals surface area contributed by atoms with Gasteiger partial charge in [0.1, 0.15) is 5.75 Å². The van der Waals surface area contributed by atoms with Crippen LogP contribution in [0, 0.1) is 5.92 Å².